The highest BCUT2D eigenvalue weighted by Gasteiger charge is 2.17. The first-order chi connectivity index (χ1) is 11.5. The molecule has 0 bridgehead atoms. The molecule has 0 aliphatic heterocycles. The number of nitro groups is 1. The van der Waals surface area contributed by atoms with Crippen LogP contribution in [0, 0.1) is 10.1 Å². The Bertz CT molecular complexity index is 906. The largest absolute Gasteiger partial charge is 0.451 e. The van der Waals surface area contributed by atoms with Gasteiger partial charge >= 0.3 is 0 Å². The van der Waals surface area contributed by atoms with Crippen molar-refractivity contribution in [2.24, 2.45) is 0 Å². The molecule has 0 atom stereocenters. The molecule has 3 rings (SSSR count). The van der Waals surface area contributed by atoms with E-state index < -0.39 is 10.8 Å². The molecule has 0 radical (unpaired) electrons. The second-order valence-electron chi connectivity index (χ2n) is 4.91. The molecule has 0 fully saturated rings. The molecule has 3 aromatic rings. The van der Waals surface area contributed by atoms with Crippen LogP contribution < -0.4 is 5.32 Å². The lowest BCUT2D eigenvalue weighted by Gasteiger charge is -2.02. The lowest BCUT2D eigenvalue weighted by atomic mass is 10.1. The van der Waals surface area contributed by atoms with Crippen molar-refractivity contribution in [2.45, 2.75) is 0 Å². The molecule has 0 saturated carbocycles. The van der Waals surface area contributed by atoms with E-state index in [1.807, 2.05) is 6.07 Å². The first kappa shape index (κ1) is 15.8. The van der Waals surface area contributed by atoms with Crippen LogP contribution in [0.15, 0.2) is 65.1 Å². The van der Waals surface area contributed by atoms with Crippen LogP contribution in [0.3, 0.4) is 0 Å². The Kier molecular flexibility index (Phi) is 4.31. The molecule has 0 aliphatic carbocycles. The average molecular weight is 343 g/mol. The van der Waals surface area contributed by atoms with Crippen molar-refractivity contribution in [2.75, 3.05) is 5.32 Å². The van der Waals surface area contributed by atoms with E-state index in [2.05, 4.69) is 5.32 Å². The molecule has 0 saturated heterocycles. The van der Waals surface area contributed by atoms with Crippen LogP contribution in [0.2, 0.25) is 5.02 Å². The van der Waals surface area contributed by atoms with Gasteiger partial charge in [-0.1, -0.05) is 29.8 Å². The second-order valence-corrected chi connectivity index (χ2v) is 5.31. The Morgan fingerprint density at radius 1 is 1.08 bits per heavy atom. The van der Waals surface area contributed by atoms with E-state index in [1.54, 1.807) is 36.4 Å². The van der Waals surface area contributed by atoms with E-state index in [0.29, 0.717) is 17.0 Å². The van der Waals surface area contributed by atoms with Gasteiger partial charge in [-0.2, -0.15) is 0 Å². The molecule has 24 heavy (non-hydrogen) atoms. The molecule has 2 aromatic carbocycles. The van der Waals surface area contributed by atoms with Crippen molar-refractivity contribution in [3.8, 4) is 11.3 Å². The van der Waals surface area contributed by atoms with Gasteiger partial charge in [-0.25, -0.2) is 0 Å². The summed E-state index contributed by atoms with van der Waals surface area (Å²) in [5.41, 5.74) is 0.883. The van der Waals surface area contributed by atoms with Gasteiger partial charge in [0.2, 0.25) is 0 Å². The first-order valence-electron chi connectivity index (χ1n) is 6.95. The van der Waals surface area contributed by atoms with Gasteiger partial charge in [-0.15, -0.1) is 0 Å². The highest BCUT2D eigenvalue weighted by molar-refractivity contribution is 6.32. The molecular weight excluding hydrogens is 332 g/mol. The molecular formula is C17H11ClN2O4. The highest BCUT2D eigenvalue weighted by atomic mass is 35.5. The standard InChI is InChI=1S/C17H11ClN2O4/c18-13-7-6-11(10-14(13)20(22)23)15-8-9-16(24-15)17(21)19-12-4-2-1-3-5-12/h1-10H,(H,19,21). The lowest BCUT2D eigenvalue weighted by Crippen LogP contribution is -2.10. The van der Waals surface area contributed by atoms with Crippen molar-refractivity contribution >= 4 is 28.9 Å². The molecule has 1 N–H and O–H groups in total. The molecule has 1 aromatic heterocycles. The summed E-state index contributed by atoms with van der Waals surface area (Å²) in [6.07, 6.45) is 0. The minimum absolute atomic E-state index is 0.0392. The summed E-state index contributed by atoms with van der Waals surface area (Å²) in [6.45, 7) is 0. The Hall–Kier alpha value is -3.12. The predicted molar refractivity (Wildman–Crippen MR) is 90.2 cm³/mol. The predicted octanol–water partition coefficient (Wildman–Crippen LogP) is 4.76. The van der Waals surface area contributed by atoms with Gasteiger partial charge in [0, 0.05) is 17.3 Å². The lowest BCUT2D eigenvalue weighted by molar-refractivity contribution is -0.384. The Balaban J connectivity index is 1.84. The number of halogens is 1. The third-order valence-corrected chi connectivity index (χ3v) is 3.61. The minimum Gasteiger partial charge on any atom is -0.451 e. The Labute approximate surface area is 141 Å². The molecule has 6 nitrogen and oxygen atoms in total. The molecule has 7 heteroatoms. The van der Waals surface area contributed by atoms with Gasteiger partial charge < -0.3 is 9.73 Å². The van der Waals surface area contributed by atoms with Gasteiger partial charge in [-0.3, -0.25) is 14.9 Å². The van der Waals surface area contributed by atoms with Gasteiger partial charge in [0.1, 0.15) is 10.8 Å². The number of nitrogens with one attached hydrogen (secondary N) is 1. The fraction of sp³-hybridized carbons (Fsp3) is 0. The van der Waals surface area contributed by atoms with Crippen molar-refractivity contribution in [1.82, 2.24) is 0 Å². The number of hydrogen-bond donors (Lipinski definition) is 1. The molecule has 120 valence electrons. The van der Waals surface area contributed by atoms with E-state index in [-0.39, 0.29) is 16.5 Å². The number of furan rings is 1. The van der Waals surface area contributed by atoms with Gasteiger partial charge in [0.25, 0.3) is 11.6 Å². The molecule has 1 heterocycles. The number of nitro benzene ring substituents is 1. The van der Waals surface area contributed by atoms with E-state index in [1.165, 1.54) is 18.2 Å². The minimum atomic E-state index is -0.572. The van der Waals surface area contributed by atoms with Crippen LogP contribution in [0.4, 0.5) is 11.4 Å². The van der Waals surface area contributed by atoms with Crippen LogP contribution >= 0.6 is 11.6 Å². The van der Waals surface area contributed by atoms with Crippen molar-refractivity contribution < 1.29 is 14.1 Å². The Morgan fingerprint density at radius 2 is 1.83 bits per heavy atom. The van der Waals surface area contributed by atoms with E-state index in [4.69, 9.17) is 16.0 Å². The zero-order chi connectivity index (χ0) is 17.1. The number of carbonyl (C=O) groups is 1. The summed E-state index contributed by atoms with van der Waals surface area (Å²) in [5.74, 6) is 0.0374. The number of benzene rings is 2. The quantitative estimate of drug-likeness (QED) is 0.547. The zero-order valence-electron chi connectivity index (χ0n) is 12.2. The van der Waals surface area contributed by atoms with Gasteiger partial charge in [-0.05, 0) is 36.4 Å². The van der Waals surface area contributed by atoms with Crippen LogP contribution in [0.5, 0.6) is 0 Å². The molecule has 1 amide bonds. The van der Waals surface area contributed by atoms with Crippen molar-refractivity contribution in [3.63, 3.8) is 0 Å². The number of rotatable bonds is 4. The third kappa shape index (κ3) is 3.28. The van der Waals surface area contributed by atoms with Gasteiger partial charge in [0.15, 0.2) is 5.76 Å². The number of nitrogens with zero attached hydrogens (tertiary/aromatic N) is 1. The maximum atomic E-state index is 12.2. The fourth-order valence-corrected chi connectivity index (χ4v) is 2.32. The average Bonchev–Trinajstić information content (AvgIpc) is 3.06. The van der Waals surface area contributed by atoms with E-state index >= 15 is 0 Å². The maximum absolute atomic E-state index is 12.2. The monoisotopic (exact) mass is 342 g/mol. The SMILES string of the molecule is O=C(Nc1ccccc1)c1ccc(-c2ccc(Cl)c([N+](=O)[O-])c2)o1. The number of para-hydroxylation sites is 1. The summed E-state index contributed by atoms with van der Waals surface area (Å²) in [5, 5.41) is 13.7. The number of amides is 1. The number of hydrogen-bond acceptors (Lipinski definition) is 4. The topological polar surface area (TPSA) is 85.4 Å². The molecule has 0 unspecified atom stereocenters. The second kappa shape index (κ2) is 6.55. The van der Waals surface area contributed by atoms with Crippen LogP contribution in [-0.2, 0) is 0 Å². The maximum Gasteiger partial charge on any atom is 0.291 e. The van der Waals surface area contributed by atoms with Crippen LogP contribution in [-0.4, -0.2) is 10.8 Å². The third-order valence-electron chi connectivity index (χ3n) is 3.29. The number of carbonyl (C=O) groups excluding carboxylic acids is 1. The number of anilines is 1. The smallest absolute Gasteiger partial charge is 0.291 e. The summed E-state index contributed by atoms with van der Waals surface area (Å²) < 4.78 is 5.50. The first-order valence-corrected chi connectivity index (χ1v) is 7.33. The fourth-order valence-electron chi connectivity index (χ4n) is 2.14. The highest BCUT2D eigenvalue weighted by Crippen LogP contribution is 2.31. The van der Waals surface area contributed by atoms with Crippen molar-refractivity contribution in [1.29, 1.82) is 0 Å². The van der Waals surface area contributed by atoms with Crippen LogP contribution in [0.25, 0.3) is 11.3 Å². The summed E-state index contributed by atoms with van der Waals surface area (Å²) >= 11 is 5.79. The molecule has 0 aliphatic rings. The Morgan fingerprint density at radius 3 is 2.54 bits per heavy atom. The van der Waals surface area contributed by atoms with Crippen LogP contribution in [0.1, 0.15) is 10.6 Å². The summed E-state index contributed by atoms with van der Waals surface area (Å²) in [4.78, 5) is 22.5. The van der Waals surface area contributed by atoms with Gasteiger partial charge in [0.05, 0.1) is 4.92 Å². The normalized spacial score (nSPS) is 10.4. The summed E-state index contributed by atoms with van der Waals surface area (Å²) in [7, 11) is 0. The molecule has 0 spiro atoms. The zero-order valence-corrected chi connectivity index (χ0v) is 13.0. The van der Waals surface area contributed by atoms with Crippen molar-refractivity contribution in [3.05, 3.63) is 81.6 Å². The van der Waals surface area contributed by atoms with E-state index in [0.717, 1.165) is 0 Å². The van der Waals surface area contributed by atoms with E-state index in [9.17, 15) is 14.9 Å². The summed E-state index contributed by atoms with van der Waals surface area (Å²) in [6, 6.07) is 16.4.